The van der Waals surface area contributed by atoms with Crippen molar-refractivity contribution in [2.24, 2.45) is 0 Å². The average Bonchev–Trinajstić information content (AvgIpc) is 2.38. The highest BCUT2D eigenvalue weighted by Crippen LogP contribution is 2.32. The molecule has 0 saturated carbocycles. The van der Waals surface area contributed by atoms with Crippen molar-refractivity contribution in [3.05, 3.63) is 35.0 Å². The molecule has 4 nitrogen and oxygen atoms in total. The van der Waals surface area contributed by atoms with Crippen LogP contribution in [0.25, 0.3) is 10.9 Å². The number of ether oxygens (including phenoxy) is 2. The fraction of sp³-hybridized carbons (Fsp3) is 0.167. The highest BCUT2D eigenvalue weighted by Gasteiger charge is 2.16. The number of aromatic nitrogens is 1. The smallest absolute Gasteiger partial charge is 0.338 e. The lowest BCUT2D eigenvalue weighted by Gasteiger charge is -2.09. The van der Waals surface area contributed by atoms with Crippen LogP contribution in [-0.4, -0.2) is 25.2 Å². The Morgan fingerprint density at radius 1 is 1.29 bits per heavy atom. The fourth-order valence-corrected chi connectivity index (χ4v) is 1.90. The number of pyridine rings is 1. The van der Waals surface area contributed by atoms with E-state index in [4.69, 9.17) is 21.1 Å². The normalized spacial score (nSPS) is 10.3. The number of carbonyl (C=O) groups excluding carboxylic acids is 1. The minimum Gasteiger partial charge on any atom is -0.494 e. The van der Waals surface area contributed by atoms with Crippen LogP contribution in [0, 0.1) is 0 Å². The summed E-state index contributed by atoms with van der Waals surface area (Å²) >= 11 is 6.09. The summed E-state index contributed by atoms with van der Waals surface area (Å²) in [5.74, 6) is 0.114. The number of rotatable bonds is 2. The van der Waals surface area contributed by atoms with Crippen LogP contribution in [0.4, 0.5) is 0 Å². The Morgan fingerprint density at radius 3 is 2.71 bits per heavy atom. The van der Waals surface area contributed by atoms with Gasteiger partial charge in [0.1, 0.15) is 11.3 Å². The van der Waals surface area contributed by atoms with E-state index in [1.165, 1.54) is 20.4 Å². The van der Waals surface area contributed by atoms with Crippen molar-refractivity contribution in [1.82, 2.24) is 4.98 Å². The first-order chi connectivity index (χ1) is 8.19. The number of nitrogens with zero attached hydrogens (tertiary/aromatic N) is 1. The second-order valence-corrected chi connectivity index (χ2v) is 3.73. The number of methoxy groups -OCH3 is 2. The summed E-state index contributed by atoms with van der Waals surface area (Å²) in [5.41, 5.74) is 0.921. The van der Waals surface area contributed by atoms with Crippen LogP contribution in [0.1, 0.15) is 10.4 Å². The summed E-state index contributed by atoms with van der Waals surface area (Å²) in [5, 5.41) is 0.981. The fourth-order valence-electron chi connectivity index (χ4n) is 1.65. The zero-order chi connectivity index (χ0) is 12.4. The third-order valence-electron chi connectivity index (χ3n) is 2.43. The summed E-state index contributed by atoms with van der Waals surface area (Å²) in [6, 6.07) is 4.94. The molecule has 0 spiro atoms. The van der Waals surface area contributed by atoms with Gasteiger partial charge in [0.05, 0.1) is 24.8 Å². The molecule has 0 N–H and O–H groups in total. The quantitative estimate of drug-likeness (QED) is 0.770. The molecule has 0 fully saturated rings. The predicted molar refractivity (Wildman–Crippen MR) is 64.6 cm³/mol. The lowest BCUT2D eigenvalue weighted by Crippen LogP contribution is -2.03. The molecular formula is C12H10ClNO3. The van der Waals surface area contributed by atoms with Crippen molar-refractivity contribution in [1.29, 1.82) is 0 Å². The van der Waals surface area contributed by atoms with E-state index in [2.05, 4.69) is 4.98 Å². The molecule has 0 radical (unpaired) electrons. The summed E-state index contributed by atoms with van der Waals surface area (Å²) in [6.45, 7) is 0. The van der Waals surface area contributed by atoms with E-state index in [-0.39, 0.29) is 0 Å². The molecule has 0 saturated heterocycles. The first-order valence-electron chi connectivity index (χ1n) is 4.88. The average molecular weight is 252 g/mol. The maximum absolute atomic E-state index is 11.6. The van der Waals surface area contributed by atoms with Crippen molar-refractivity contribution in [2.45, 2.75) is 0 Å². The number of fused-ring (bicyclic) bond motifs is 1. The van der Waals surface area contributed by atoms with Gasteiger partial charge >= 0.3 is 5.97 Å². The largest absolute Gasteiger partial charge is 0.494 e. The van der Waals surface area contributed by atoms with E-state index in [1.807, 2.05) is 0 Å². The SMILES string of the molecule is COC(=O)c1ccnc2c(OC)ccc(Cl)c12. The predicted octanol–water partition coefficient (Wildman–Crippen LogP) is 2.68. The maximum Gasteiger partial charge on any atom is 0.338 e. The summed E-state index contributed by atoms with van der Waals surface area (Å²) in [4.78, 5) is 15.8. The summed E-state index contributed by atoms with van der Waals surface area (Å²) < 4.78 is 9.88. The van der Waals surface area contributed by atoms with Crippen molar-refractivity contribution >= 4 is 28.5 Å². The minimum atomic E-state index is -0.451. The number of esters is 1. The molecule has 1 heterocycles. The topological polar surface area (TPSA) is 48.4 Å². The van der Waals surface area contributed by atoms with Crippen LogP contribution >= 0.6 is 11.6 Å². The van der Waals surface area contributed by atoms with Crippen LogP contribution < -0.4 is 4.74 Å². The van der Waals surface area contributed by atoms with E-state index < -0.39 is 5.97 Å². The van der Waals surface area contributed by atoms with Crippen molar-refractivity contribution in [3.63, 3.8) is 0 Å². The Labute approximate surface area is 103 Å². The molecule has 2 aromatic rings. The summed E-state index contributed by atoms with van der Waals surface area (Å²) in [7, 11) is 2.86. The molecule has 0 amide bonds. The Morgan fingerprint density at radius 2 is 2.06 bits per heavy atom. The van der Waals surface area contributed by atoms with E-state index in [0.717, 1.165) is 0 Å². The second kappa shape index (κ2) is 4.59. The number of hydrogen-bond acceptors (Lipinski definition) is 4. The van der Waals surface area contributed by atoms with E-state index in [0.29, 0.717) is 27.2 Å². The number of benzene rings is 1. The molecule has 0 unspecified atom stereocenters. The molecule has 0 aliphatic rings. The molecule has 0 atom stereocenters. The molecule has 0 bridgehead atoms. The molecular weight excluding hydrogens is 242 g/mol. The number of carbonyl (C=O) groups is 1. The number of hydrogen-bond donors (Lipinski definition) is 0. The minimum absolute atomic E-state index is 0.376. The monoisotopic (exact) mass is 251 g/mol. The Balaban J connectivity index is 2.83. The first-order valence-corrected chi connectivity index (χ1v) is 5.26. The molecule has 0 aliphatic carbocycles. The van der Waals surface area contributed by atoms with E-state index in [9.17, 15) is 4.79 Å². The Kier molecular flexibility index (Phi) is 3.15. The Hall–Kier alpha value is -1.81. The van der Waals surface area contributed by atoms with Gasteiger partial charge in [-0.25, -0.2) is 4.79 Å². The maximum atomic E-state index is 11.6. The zero-order valence-electron chi connectivity index (χ0n) is 9.36. The van der Waals surface area contributed by atoms with Crippen LogP contribution in [0.2, 0.25) is 5.02 Å². The third-order valence-corrected chi connectivity index (χ3v) is 2.74. The van der Waals surface area contributed by atoms with Gasteiger partial charge in [0.2, 0.25) is 0 Å². The van der Waals surface area contributed by atoms with Crippen LogP contribution in [0.15, 0.2) is 24.4 Å². The van der Waals surface area contributed by atoms with Gasteiger partial charge in [0, 0.05) is 11.6 Å². The van der Waals surface area contributed by atoms with Gasteiger partial charge in [0.25, 0.3) is 0 Å². The van der Waals surface area contributed by atoms with E-state index in [1.54, 1.807) is 18.2 Å². The summed E-state index contributed by atoms with van der Waals surface area (Å²) in [6.07, 6.45) is 1.52. The van der Waals surface area contributed by atoms with Crippen LogP contribution in [0.5, 0.6) is 5.75 Å². The molecule has 88 valence electrons. The van der Waals surface area contributed by atoms with Gasteiger partial charge in [-0.1, -0.05) is 11.6 Å². The molecule has 1 aromatic carbocycles. The first kappa shape index (κ1) is 11.7. The number of halogens is 1. The highest BCUT2D eigenvalue weighted by molar-refractivity contribution is 6.36. The van der Waals surface area contributed by atoms with Crippen molar-refractivity contribution in [2.75, 3.05) is 14.2 Å². The Bertz CT molecular complexity index is 583. The lowest BCUT2D eigenvalue weighted by molar-refractivity contribution is 0.0603. The van der Waals surface area contributed by atoms with Gasteiger partial charge in [-0.2, -0.15) is 0 Å². The van der Waals surface area contributed by atoms with E-state index >= 15 is 0 Å². The third kappa shape index (κ3) is 1.91. The van der Waals surface area contributed by atoms with Gasteiger partial charge < -0.3 is 9.47 Å². The van der Waals surface area contributed by atoms with Crippen molar-refractivity contribution in [3.8, 4) is 5.75 Å². The highest BCUT2D eigenvalue weighted by atomic mass is 35.5. The van der Waals surface area contributed by atoms with Crippen molar-refractivity contribution < 1.29 is 14.3 Å². The standard InChI is InChI=1S/C12H10ClNO3/c1-16-9-4-3-8(13)10-7(12(15)17-2)5-6-14-11(9)10/h3-6H,1-2H3. The van der Waals surface area contributed by atoms with Crippen LogP contribution in [0.3, 0.4) is 0 Å². The van der Waals surface area contributed by atoms with Crippen LogP contribution in [-0.2, 0) is 4.74 Å². The van der Waals surface area contributed by atoms with Gasteiger partial charge in [-0.3, -0.25) is 4.98 Å². The second-order valence-electron chi connectivity index (χ2n) is 3.32. The molecule has 0 aliphatic heterocycles. The van der Waals surface area contributed by atoms with Gasteiger partial charge in [-0.15, -0.1) is 0 Å². The molecule has 17 heavy (non-hydrogen) atoms. The van der Waals surface area contributed by atoms with Gasteiger partial charge in [-0.05, 0) is 18.2 Å². The molecule has 1 aromatic heterocycles. The molecule has 2 rings (SSSR count). The molecule has 5 heteroatoms. The van der Waals surface area contributed by atoms with Gasteiger partial charge in [0.15, 0.2) is 0 Å². The zero-order valence-corrected chi connectivity index (χ0v) is 10.1. The lowest BCUT2D eigenvalue weighted by atomic mass is 10.1.